The van der Waals surface area contributed by atoms with Gasteiger partial charge in [0.1, 0.15) is 18.1 Å². The number of carbonyl (C=O) groups excluding carboxylic acids is 2. The molecule has 1 aliphatic heterocycles. The van der Waals surface area contributed by atoms with Crippen LogP contribution in [0.5, 0.6) is 5.75 Å². The average molecular weight is 450 g/mol. The molecule has 1 saturated carbocycles. The summed E-state index contributed by atoms with van der Waals surface area (Å²) in [6.07, 6.45) is 5.06. The van der Waals surface area contributed by atoms with Gasteiger partial charge >= 0.3 is 6.03 Å². The summed E-state index contributed by atoms with van der Waals surface area (Å²) >= 11 is 0. The zero-order valence-corrected chi connectivity index (χ0v) is 18.5. The first-order valence-corrected chi connectivity index (χ1v) is 11.3. The molecule has 2 atom stereocenters. The molecule has 3 heterocycles. The monoisotopic (exact) mass is 450 g/mol. The van der Waals surface area contributed by atoms with E-state index in [1.165, 1.54) is 11.2 Å². The van der Waals surface area contributed by atoms with Crippen LogP contribution in [-0.4, -0.2) is 44.5 Å². The van der Waals surface area contributed by atoms with Crippen LogP contribution in [0.4, 0.5) is 4.79 Å². The molecular formula is C24H26N4O5. The zero-order valence-electron chi connectivity index (χ0n) is 18.5. The van der Waals surface area contributed by atoms with Crippen molar-refractivity contribution in [1.82, 2.24) is 19.9 Å². The lowest BCUT2D eigenvalue weighted by atomic mass is 9.81. The lowest BCUT2D eigenvalue weighted by molar-refractivity contribution is -0.141. The van der Waals surface area contributed by atoms with E-state index in [0.717, 1.165) is 37.0 Å². The Morgan fingerprint density at radius 2 is 1.91 bits per heavy atom. The second-order valence-electron chi connectivity index (χ2n) is 8.34. The molecule has 2 aliphatic rings. The van der Waals surface area contributed by atoms with Gasteiger partial charge in [-0.2, -0.15) is 4.98 Å². The summed E-state index contributed by atoms with van der Waals surface area (Å²) in [6.45, 7) is 2.80. The Labute approximate surface area is 191 Å². The molecule has 1 aliphatic carbocycles. The fourth-order valence-electron chi connectivity index (χ4n) is 4.70. The SMILES string of the molecule is CCOc1ccc(-c2noc(CN3C(=O)N(Cc4ccco4)C(=O)C4CCCCC43)n2)cc1. The van der Waals surface area contributed by atoms with Gasteiger partial charge < -0.3 is 18.6 Å². The van der Waals surface area contributed by atoms with Crippen LogP contribution in [0.3, 0.4) is 0 Å². The quantitative estimate of drug-likeness (QED) is 0.530. The minimum absolute atomic E-state index is 0.117. The highest BCUT2D eigenvalue weighted by Crippen LogP contribution is 2.36. The van der Waals surface area contributed by atoms with E-state index in [2.05, 4.69) is 10.1 Å². The third kappa shape index (κ3) is 4.22. The molecule has 2 unspecified atom stereocenters. The van der Waals surface area contributed by atoms with E-state index < -0.39 is 0 Å². The predicted octanol–water partition coefficient (Wildman–Crippen LogP) is 4.25. The van der Waals surface area contributed by atoms with E-state index in [1.54, 1.807) is 17.0 Å². The van der Waals surface area contributed by atoms with Crippen LogP contribution in [-0.2, 0) is 17.9 Å². The fourth-order valence-corrected chi connectivity index (χ4v) is 4.70. The van der Waals surface area contributed by atoms with Gasteiger partial charge in [0.2, 0.25) is 17.6 Å². The van der Waals surface area contributed by atoms with Gasteiger partial charge in [-0.15, -0.1) is 0 Å². The summed E-state index contributed by atoms with van der Waals surface area (Å²) in [6, 6.07) is 10.4. The molecule has 3 amide bonds. The van der Waals surface area contributed by atoms with Gasteiger partial charge in [-0.3, -0.25) is 9.69 Å². The van der Waals surface area contributed by atoms with E-state index >= 15 is 0 Å². The number of nitrogens with zero attached hydrogens (tertiary/aromatic N) is 4. The van der Waals surface area contributed by atoms with Crippen LogP contribution >= 0.6 is 0 Å². The molecule has 9 nitrogen and oxygen atoms in total. The molecule has 1 saturated heterocycles. The summed E-state index contributed by atoms with van der Waals surface area (Å²) in [4.78, 5) is 34.0. The summed E-state index contributed by atoms with van der Waals surface area (Å²) in [5.41, 5.74) is 0.795. The number of amides is 3. The van der Waals surface area contributed by atoms with Crippen molar-refractivity contribution in [2.45, 2.75) is 51.7 Å². The van der Waals surface area contributed by atoms with Crippen LogP contribution in [0.25, 0.3) is 11.4 Å². The van der Waals surface area contributed by atoms with Crippen molar-refractivity contribution in [2.24, 2.45) is 5.92 Å². The molecule has 9 heteroatoms. The first-order chi connectivity index (χ1) is 16.1. The van der Waals surface area contributed by atoms with Crippen LogP contribution in [0.15, 0.2) is 51.6 Å². The highest BCUT2D eigenvalue weighted by Gasteiger charge is 2.47. The number of urea groups is 1. The highest BCUT2D eigenvalue weighted by molar-refractivity contribution is 5.98. The predicted molar refractivity (Wildman–Crippen MR) is 117 cm³/mol. The maximum Gasteiger partial charge on any atom is 0.327 e. The third-order valence-electron chi connectivity index (χ3n) is 6.28. The van der Waals surface area contributed by atoms with E-state index in [4.69, 9.17) is 13.7 Å². The molecule has 172 valence electrons. The van der Waals surface area contributed by atoms with Crippen LogP contribution in [0, 0.1) is 5.92 Å². The molecule has 0 radical (unpaired) electrons. The van der Waals surface area contributed by atoms with Crippen molar-refractivity contribution in [1.29, 1.82) is 0 Å². The van der Waals surface area contributed by atoms with Crippen molar-refractivity contribution < 1.29 is 23.3 Å². The maximum atomic E-state index is 13.4. The number of furan rings is 1. The lowest BCUT2D eigenvalue weighted by Gasteiger charge is -2.46. The van der Waals surface area contributed by atoms with Gasteiger partial charge in [0.25, 0.3) is 0 Å². The molecule has 2 aromatic heterocycles. The molecule has 0 spiro atoms. The summed E-state index contributed by atoms with van der Waals surface area (Å²) in [7, 11) is 0. The van der Waals surface area contributed by atoms with E-state index in [-0.39, 0.29) is 37.0 Å². The highest BCUT2D eigenvalue weighted by atomic mass is 16.5. The van der Waals surface area contributed by atoms with Crippen LogP contribution in [0.1, 0.15) is 44.3 Å². The minimum Gasteiger partial charge on any atom is -0.494 e. The Morgan fingerprint density at radius 1 is 1.09 bits per heavy atom. The first kappa shape index (κ1) is 21.2. The van der Waals surface area contributed by atoms with Gasteiger partial charge in [-0.05, 0) is 56.2 Å². The summed E-state index contributed by atoms with van der Waals surface area (Å²) < 4.78 is 16.3. The van der Waals surface area contributed by atoms with Gasteiger partial charge in [-0.25, -0.2) is 4.79 Å². The van der Waals surface area contributed by atoms with E-state index in [0.29, 0.717) is 24.1 Å². The molecule has 1 aromatic carbocycles. The van der Waals surface area contributed by atoms with Gasteiger partial charge in [0, 0.05) is 11.6 Å². The zero-order chi connectivity index (χ0) is 22.8. The van der Waals surface area contributed by atoms with Crippen molar-refractivity contribution in [3.8, 4) is 17.1 Å². The van der Waals surface area contributed by atoms with E-state index in [9.17, 15) is 9.59 Å². The van der Waals surface area contributed by atoms with Gasteiger partial charge in [0.05, 0.1) is 25.3 Å². The summed E-state index contributed by atoms with van der Waals surface area (Å²) in [5, 5.41) is 4.09. The maximum absolute atomic E-state index is 13.4. The average Bonchev–Trinajstić information content (AvgIpc) is 3.53. The summed E-state index contributed by atoms with van der Waals surface area (Å²) in [5.74, 6) is 1.78. The second kappa shape index (κ2) is 9.09. The van der Waals surface area contributed by atoms with E-state index in [1.807, 2.05) is 31.2 Å². The van der Waals surface area contributed by atoms with Gasteiger partial charge in [-0.1, -0.05) is 18.0 Å². The number of benzene rings is 1. The van der Waals surface area contributed by atoms with Crippen LogP contribution < -0.4 is 4.74 Å². The molecular weight excluding hydrogens is 424 g/mol. The Morgan fingerprint density at radius 3 is 2.67 bits per heavy atom. The molecule has 0 N–H and O–H groups in total. The van der Waals surface area contributed by atoms with Gasteiger partial charge in [0.15, 0.2) is 0 Å². The molecule has 0 bridgehead atoms. The number of carbonyl (C=O) groups is 2. The number of imide groups is 1. The second-order valence-corrected chi connectivity index (χ2v) is 8.34. The third-order valence-corrected chi connectivity index (χ3v) is 6.28. The number of aromatic nitrogens is 2. The molecule has 5 rings (SSSR count). The topological polar surface area (TPSA) is 102 Å². The Hall–Kier alpha value is -3.62. The van der Waals surface area contributed by atoms with Crippen LogP contribution in [0.2, 0.25) is 0 Å². The van der Waals surface area contributed by atoms with Crippen molar-refractivity contribution >= 4 is 11.9 Å². The standard InChI is InChI=1S/C24H26N4O5/c1-2-31-17-11-9-16(10-12-17)22-25-21(33-26-22)15-27-20-8-4-3-7-19(20)23(29)28(24(27)30)14-18-6-5-13-32-18/h5-6,9-13,19-20H,2-4,7-8,14-15H2,1H3. The number of hydrogen-bond acceptors (Lipinski definition) is 7. The lowest BCUT2D eigenvalue weighted by Crippen LogP contribution is -2.61. The number of hydrogen-bond donors (Lipinski definition) is 0. The normalized spacial score (nSPS) is 20.8. The van der Waals surface area contributed by atoms with Crippen molar-refractivity contribution in [3.63, 3.8) is 0 Å². The smallest absolute Gasteiger partial charge is 0.327 e. The Kier molecular flexibility index (Phi) is 5.85. The van der Waals surface area contributed by atoms with Crippen molar-refractivity contribution in [3.05, 3.63) is 54.3 Å². The Balaban J connectivity index is 1.37. The largest absolute Gasteiger partial charge is 0.494 e. The Bertz CT molecular complexity index is 1110. The minimum atomic E-state index is -0.347. The fraction of sp³-hybridized carbons (Fsp3) is 0.417. The number of rotatable bonds is 7. The molecule has 33 heavy (non-hydrogen) atoms. The first-order valence-electron chi connectivity index (χ1n) is 11.3. The van der Waals surface area contributed by atoms with Crippen molar-refractivity contribution in [2.75, 3.05) is 6.61 Å². The molecule has 2 fully saturated rings. The molecule has 3 aromatic rings. The number of fused-ring (bicyclic) bond motifs is 1. The number of ether oxygens (including phenoxy) is 1.